The number of fused-ring (bicyclic) bond motifs is 1. The van der Waals surface area contributed by atoms with Crippen LogP contribution in [-0.2, 0) is 20.9 Å². The van der Waals surface area contributed by atoms with E-state index in [0.29, 0.717) is 20.8 Å². The van der Waals surface area contributed by atoms with Crippen LogP contribution < -0.4 is 9.54 Å². The van der Waals surface area contributed by atoms with Gasteiger partial charge in [0.1, 0.15) is 11.6 Å². The van der Waals surface area contributed by atoms with Gasteiger partial charge in [0, 0.05) is 6.54 Å². The molecule has 0 unspecified atom stereocenters. The molecule has 0 radical (unpaired) electrons. The molecule has 28 heavy (non-hydrogen) atoms. The van der Waals surface area contributed by atoms with Gasteiger partial charge < -0.3 is 14.0 Å². The number of halogens is 1. The van der Waals surface area contributed by atoms with Crippen molar-refractivity contribution in [3.63, 3.8) is 0 Å². The number of esters is 1. The number of rotatable bonds is 7. The number of carbonyl (C=O) groups is 2. The summed E-state index contributed by atoms with van der Waals surface area (Å²) in [5, 5.41) is 0. The van der Waals surface area contributed by atoms with E-state index in [4.69, 9.17) is 4.74 Å². The maximum Gasteiger partial charge on any atom is 0.307 e. The predicted octanol–water partition coefficient (Wildman–Crippen LogP) is 3.30. The van der Waals surface area contributed by atoms with Crippen LogP contribution in [0.4, 0.5) is 4.39 Å². The van der Waals surface area contributed by atoms with Crippen molar-refractivity contribution in [3.05, 3.63) is 59.1 Å². The lowest BCUT2D eigenvalue weighted by atomic mass is 10.3. The normalized spacial score (nSPS) is 11.6. The molecule has 0 bridgehead atoms. The van der Waals surface area contributed by atoms with Crippen LogP contribution in [0.25, 0.3) is 10.2 Å². The second-order valence-electron chi connectivity index (χ2n) is 5.89. The third-order valence-corrected chi connectivity index (χ3v) is 5.00. The van der Waals surface area contributed by atoms with Crippen molar-refractivity contribution in [1.29, 1.82) is 0 Å². The molecule has 3 aromatic rings. The van der Waals surface area contributed by atoms with Gasteiger partial charge in [-0.3, -0.25) is 9.59 Å². The van der Waals surface area contributed by atoms with Crippen LogP contribution in [0.1, 0.15) is 12.8 Å². The molecule has 1 aromatic heterocycles. The number of hydrogen-bond donors (Lipinski definition) is 0. The molecule has 2 aromatic carbocycles. The third kappa shape index (κ3) is 5.04. The van der Waals surface area contributed by atoms with Crippen molar-refractivity contribution >= 4 is 33.4 Å². The van der Waals surface area contributed by atoms with Gasteiger partial charge in [-0.15, -0.1) is 0 Å². The second-order valence-corrected chi connectivity index (χ2v) is 6.90. The number of carbonyl (C=O) groups excluding carboxylic acids is 2. The minimum Gasteiger partial charge on any atom is -0.493 e. The highest BCUT2D eigenvalue weighted by atomic mass is 32.1. The number of ether oxygens (including phenoxy) is 2. The van der Waals surface area contributed by atoms with Crippen molar-refractivity contribution < 1.29 is 23.5 Å². The predicted molar refractivity (Wildman–Crippen MR) is 104 cm³/mol. The largest absolute Gasteiger partial charge is 0.493 e. The fourth-order valence-electron chi connectivity index (χ4n) is 2.59. The van der Waals surface area contributed by atoms with E-state index in [1.54, 1.807) is 10.6 Å². The summed E-state index contributed by atoms with van der Waals surface area (Å²) in [4.78, 5) is 28.3. The van der Waals surface area contributed by atoms with Crippen LogP contribution >= 0.6 is 11.3 Å². The molecule has 0 N–H and O–H groups in total. The minimum atomic E-state index is -0.373. The third-order valence-electron chi connectivity index (χ3n) is 3.96. The first-order valence-electron chi connectivity index (χ1n) is 8.68. The number of hydrogen-bond acceptors (Lipinski definition) is 5. The lowest BCUT2D eigenvalue weighted by Gasteiger charge is -2.05. The summed E-state index contributed by atoms with van der Waals surface area (Å²) in [6.07, 6.45) is 0.229. The van der Waals surface area contributed by atoms with Crippen molar-refractivity contribution in [3.8, 4) is 5.75 Å². The Morgan fingerprint density at radius 3 is 2.68 bits per heavy atom. The summed E-state index contributed by atoms with van der Waals surface area (Å²) in [5.74, 6) is -0.416. The van der Waals surface area contributed by atoms with E-state index in [1.807, 2.05) is 30.3 Å². The fraction of sp³-hybridized carbons (Fsp3) is 0.250. The summed E-state index contributed by atoms with van der Waals surface area (Å²) >= 11 is 1.20. The Morgan fingerprint density at radius 1 is 1.14 bits per heavy atom. The average molecular weight is 402 g/mol. The van der Waals surface area contributed by atoms with Crippen LogP contribution in [0.3, 0.4) is 0 Å². The fourth-order valence-corrected chi connectivity index (χ4v) is 3.69. The number of thiazole rings is 1. The molecule has 0 spiro atoms. The van der Waals surface area contributed by atoms with Gasteiger partial charge in [-0.2, -0.15) is 4.99 Å². The van der Waals surface area contributed by atoms with Gasteiger partial charge in [0.05, 0.1) is 36.8 Å². The highest BCUT2D eigenvalue weighted by molar-refractivity contribution is 7.16. The van der Waals surface area contributed by atoms with Crippen molar-refractivity contribution in [1.82, 2.24) is 4.57 Å². The van der Waals surface area contributed by atoms with E-state index >= 15 is 0 Å². The van der Waals surface area contributed by atoms with Crippen LogP contribution in [0.2, 0.25) is 0 Å². The van der Waals surface area contributed by atoms with Crippen LogP contribution in [0.5, 0.6) is 5.75 Å². The van der Waals surface area contributed by atoms with Gasteiger partial charge in [-0.05, 0) is 30.3 Å². The van der Waals surface area contributed by atoms with Gasteiger partial charge >= 0.3 is 5.97 Å². The van der Waals surface area contributed by atoms with Crippen molar-refractivity contribution in [2.75, 3.05) is 13.7 Å². The van der Waals surface area contributed by atoms with Gasteiger partial charge in [0.15, 0.2) is 4.80 Å². The van der Waals surface area contributed by atoms with E-state index in [9.17, 15) is 14.0 Å². The van der Waals surface area contributed by atoms with E-state index in [0.717, 1.165) is 0 Å². The highest BCUT2D eigenvalue weighted by Crippen LogP contribution is 2.19. The molecule has 6 nitrogen and oxygen atoms in total. The maximum absolute atomic E-state index is 13.5. The molecule has 146 valence electrons. The molecular formula is C20H19FN2O4S. The minimum absolute atomic E-state index is 0.106. The molecule has 0 fully saturated rings. The van der Waals surface area contributed by atoms with Gasteiger partial charge in [0.25, 0.3) is 5.91 Å². The molecule has 0 aliphatic heterocycles. The quantitative estimate of drug-likeness (QED) is 0.569. The summed E-state index contributed by atoms with van der Waals surface area (Å²) in [7, 11) is 1.32. The molecule has 0 saturated carbocycles. The Bertz CT molecular complexity index is 1040. The Kier molecular flexibility index (Phi) is 6.54. The molecule has 3 rings (SSSR count). The highest BCUT2D eigenvalue weighted by Gasteiger charge is 2.11. The van der Waals surface area contributed by atoms with E-state index in [1.165, 1.54) is 30.6 Å². The molecule has 8 heteroatoms. The maximum atomic E-state index is 13.5. The van der Waals surface area contributed by atoms with E-state index in [-0.39, 0.29) is 43.7 Å². The zero-order valence-corrected chi connectivity index (χ0v) is 16.1. The van der Waals surface area contributed by atoms with Crippen LogP contribution in [0.15, 0.2) is 53.5 Å². The Morgan fingerprint density at radius 2 is 1.93 bits per heavy atom. The summed E-state index contributed by atoms with van der Waals surface area (Å²) in [5.41, 5.74) is 0.711. The first kappa shape index (κ1) is 19.8. The van der Waals surface area contributed by atoms with Gasteiger partial charge in [-0.1, -0.05) is 29.5 Å². The SMILES string of the molecule is COC(=O)CCn1c(=NC(=O)CCOc2ccccc2)sc2cc(F)ccc21. The van der Waals surface area contributed by atoms with Crippen LogP contribution in [-0.4, -0.2) is 30.2 Å². The topological polar surface area (TPSA) is 69.9 Å². The Balaban J connectivity index is 1.79. The van der Waals surface area contributed by atoms with Crippen LogP contribution in [0, 0.1) is 5.82 Å². The first-order valence-corrected chi connectivity index (χ1v) is 9.49. The molecule has 1 heterocycles. The summed E-state index contributed by atoms with van der Waals surface area (Å²) in [6, 6.07) is 13.5. The Hall–Kier alpha value is -3.00. The van der Waals surface area contributed by atoms with Crippen molar-refractivity contribution in [2.45, 2.75) is 19.4 Å². The van der Waals surface area contributed by atoms with E-state index < -0.39 is 0 Å². The zero-order valence-electron chi connectivity index (χ0n) is 15.3. The van der Waals surface area contributed by atoms with Gasteiger partial charge in [0.2, 0.25) is 0 Å². The Labute approximate surface area is 164 Å². The molecular weight excluding hydrogens is 383 g/mol. The van der Waals surface area contributed by atoms with Gasteiger partial charge in [-0.25, -0.2) is 4.39 Å². The van der Waals surface area contributed by atoms with Crippen molar-refractivity contribution in [2.24, 2.45) is 4.99 Å². The standard InChI is InChI=1S/C20H19FN2O4S/c1-26-19(25)9-11-23-16-8-7-14(21)13-17(16)28-20(23)22-18(24)10-12-27-15-5-3-2-4-6-15/h2-8,13H,9-12H2,1H3. The lowest BCUT2D eigenvalue weighted by Crippen LogP contribution is -2.19. The number of nitrogens with zero attached hydrogens (tertiary/aromatic N) is 2. The molecule has 0 aliphatic carbocycles. The lowest BCUT2D eigenvalue weighted by molar-refractivity contribution is -0.140. The molecule has 0 aliphatic rings. The molecule has 1 amide bonds. The summed E-state index contributed by atoms with van der Waals surface area (Å²) < 4.78 is 26.1. The van der Waals surface area contributed by atoms with E-state index in [2.05, 4.69) is 9.73 Å². The number of aryl methyl sites for hydroxylation is 1. The smallest absolute Gasteiger partial charge is 0.307 e. The first-order chi connectivity index (χ1) is 13.6. The average Bonchev–Trinajstić information content (AvgIpc) is 3.02. The zero-order chi connectivity index (χ0) is 19.9. The number of para-hydroxylation sites is 1. The second kappa shape index (κ2) is 9.27. The number of amides is 1. The number of methoxy groups -OCH3 is 1. The molecule has 0 saturated heterocycles. The monoisotopic (exact) mass is 402 g/mol. The summed E-state index contributed by atoms with van der Waals surface area (Å²) in [6.45, 7) is 0.485. The number of benzene rings is 2. The number of aromatic nitrogens is 1. The molecule has 0 atom stereocenters.